The number of carbonyl (C=O) groups excluding carboxylic acids is 1. The van der Waals surface area contributed by atoms with E-state index in [1.165, 1.54) is 4.90 Å². The molecule has 1 saturated carbocycles. The van der Waals surface area contributed by atoms with E-state index in [1.54, 1.807) is 0 Å². The highest BCUT2D eigenvalue weighted by Crippen LogP contribution is 2.41. The number of rotatable bonds is 2. The Morgan fingerprint density at radius 3 is 2.61 bits per heavy atom. The molecule has 1 heterocycles. The summed E-state index contributed by atoms with van der Waals surface area (Å²) < 4.78 is 27.4. The lowest BCUT2D eigenvalue weighted by Crippen LogP contribution is -2.46. The molecular weight excluding hydrogens is 328 g/mol. The number of benzene rings is 1. The molecule has 1 aliphatic carbocycles. The first-order valence-corrected chi connectivity index (χ1v) is 7.98. The SMILES string of the molecule is O=C(O)C1CC2CCCCC2N1C(=O)c1ccc(F)c(Cl)c1F. The molecule has 1 aliphatic heterocycles. The first-order chi connectivity index (χ1) is 10.9. The van der Waals surface area contributed by atoms with E-state index in [1.807, 2.05) is 0 Å². The van der Waals surface area contributed by atoms with E-state index in [-0.39, 0.29) is 17.5 Å². The lowest BCUT2D eigenvalue weighted by Gasteiger charge is -2.33. The van der Waals surface area contributed by atoms with E-state index in [4.69, 9.17) is 11.6 Å². The molecule has 1 saturated heterocycles. The number of carboxylic acids is 1. The van der Waals surface area contributed by atoms with Crippen LogP contribution in [0.1, 0.15) is 42.5 Å². The van der Waals surface area contributed by atoms with Crippen LogP contribution in [0.4, 0.5) is 8.78 Å². The van der Waals surface area contributed by atoms with Crippen molar-refractivity contribution in [3.05, 3.63) is 34.4 Å². The van der Waals surface area contributed by atoms with Crippen LogP contribution in [-0.2, 0) is 4.79 Å². The van der Waals surface area contributed by atoms with Gasteiger partial charge in [-0.2, -0.15) is 0 Å². The summed E-state index contributed by atoms with van der Waals surface area (Å²) in [6.45, 7) is 0. The van der Waals surface area contributed by atoms with Gasteiger partial charge in [-0.15, -0.1) is 0 Å². The van der Waals surface area contributed by atoms with Gasteiger partial charge >= 0.3 is 5.97 Å². The second-order valence-corrected chi connectivity index (χ2v) is 6.51. The van der Waals surface area contributed by atoms with Crippen molar-refractivity contribution >= 4 is 23.5 Å². The molecule has 1 aromatic carbocycles. The van der Waals surface area contributed by atoms with E-state index in [0.29, 0.717) is 12.8 Å². The Hall–Kier alpha value is -1.69. The maximum atomic E-state index is 14.2. The lowest BCUT2D eigenvalue weighted by atomic mass is 9.84. The molecule has 3 atom stereocenters. The molecule has 7 heteroatoms. The molecule has 1 amide bonds. The fraction of sp³-hybridized carbons (Fsp3) is 0.500. The van der Waals surface area contributed by atoms with E-state index in [2.05, 4.69) is 0 Å². The van der Waals surface area contributed by atoms with Crippen LogP contribution >= 0.6 is 11.6 Å². The molecule has 0 aromatic heterocycles. The van der Waals surface area contributed by atoms with Gasteiger partial charge in [-0.1, -0.05) is 24.4 Å². The molecule has 1 N–H and O–H groups in total. The van der Waals surface area contributed by atoms with Crippen LogP contribution < -0.4 is 0 Å². The molecule has 0 spiro atoms. The van der Waals surface area contributed by atoms with Gasteiger partial charge in [0, 0.05) is 6.04 Å². The number of likely N-dealkylation sites (tertiary alicyclic amines) is 1. The smallest absolute Gasteiger partial charge is 0.326 e. The third-order valence-corrected chi connectivity index (χ3v) is 5.22. The zero-order valence-corrected chi connectivity index (χ0v) is 13.0. The predicted octanol–water partition coefficient (Wildman–Crippen LogP) is 3.48. The number of nitrogens with zero attached hydrogens (tertiary/aromatic N) is 1. The molecule has 124 valence electrons. The number of hydrogen-bond acceptors (Lipinski definition) is 2. The minimum atomic E-state index is -1.14. The van der Waals surface area contributed by atoms with E-state index in [0.717, 1.165) is 31.4 Å². The predicted molar refractivity (Wildman–Crippen MR) is 79.3 cm³/mol. The van der Waals surface area contributed by atoms with Crippen molar-refractivity contribution in [1.29, 1.82) is 0 Å². The molecule has 4 nitrogen and oxygen atoms in total. The number of carboxylic acid groups (broad SMARTS) is 1. The normalized spacial score (nSPS) is 26.9. The van der Waals surface area contributed by atoms with Crippen LogP contribution in [0.5, 0.6) is 0 Å². The summed E-state index contributed by atoms with van der Waals surface area (Å²) in [4.78, 5) is 25.5. The Morgan fingerprint density at radius 1 is 1.22 bits per heavy atom. The molecule has 3 rings (SSSR count). The Morgan fingerprint density at radius 2 is 1.91 bits per heavy atom. The van der Waals surface area contributed by atoms with E-state index >= 15 is 0 Å². The summed E-state index contributed by atoms with van der Waals surface area (Å²) in [5.74, 6) is -3.80. The fourth-order valence-electron chi connectivity index (χ4n) is 3.80. The number of halogens is 3. The third-order valence-electron chi connectivity index (χ3n) is 4.87. The molecule has 0 bridgehead atoms. The molecule has 0 radical (unpaired) electrons. The molecule has 2 aliphatic rings. The highest BCUT2D eigenvalue weighted by atomic mass is 35.5. The van der Waals surface area contributed by atoms with Crippen LogP contribution in [0.3, 0.4) is 0 Å². The van der Waals surface area contributed by atoms with Crippen LogP contribution in [0.25, 0.3) is 0 Å². The molecular formula is C16H16ClF2NO3. The number of hydrogen-bond donors (Lipinski definition) is 1. The van der Waals surface area contributed by atoms with E-state index < -0.39 is 34.6 Å². The number of amides is 1. The molecule has 2 fully saturated rings. The molecule has 1 aromatic rings. The fourth-order valence-corrected chi connectivity index (χ4v) is 3.97. The third kappa shape index (κ3) is 2.69. The van der Waals surface area contributed by atoms with Crippen LogP contribution in [0.2, 0.25) is 5.02 Å². The van der Waals surface area contributed by atoms with Crippen molar-refractivity contribution in [3.63, 3.8) is 0 Å². The standard InChI is InChI=1S/C16H16ClF2NO3/c17-13-10(18)6-5-9(14(13)19)15(21)20-11-4-2-1-3-8(11)7-12(20)16(22)23/h5-6,8,11-12H,1-4,7H2,(H,22,23). The Labute approximate surface area is 137 Å². The maximum absolute atomic E-state index is 14.2. The van der Waals surface area contributed by atoms with Crippen molar-refractivity contribution in [2.75, 3.05) is 0 Å². The van der Waals surface area contributed by atoms with Gasteiger partial charge < -0.3 is 10.0 Å². The second-order valence-electron chi connectivity index (χ2n) is 6.14. The maximum Gasteiger partial charge on any atom is 0.326 e. The topological polar surface area (TPSA) is 57.6 Å². The second kappa shape index (κ2) is 6.07. The van der Waals surface area contributed by atoms with Gasteiger partial charge in [0.2, 0.25) is 0 Å². The Bertz CT molecular complexity index is 667. The minimum absolute atomic E-state index is 0.118. The van der Waals surface area contributed by atoms with Gasteiger partial charge in [-0.3, -0.25) is 4.79 Å². The first kappa shape index (κ1) is 16.2. The molecule has 3 unspecified atom stereocenters. The van der Waals surface area contributed by atoms with Crippen molar-refractivity contribution in [2.45, 2.75) is 44.2 Å². The van der Waals surface area contributed by atoms with Gasteiger partial charge in [0.05, 0.1) is 5.56 Å². The zero-order valence-electron chi connectivity index (χ0n) is 12.3. The van der Waals surface area contributed by atoms with Crippen LogP contribution in [-0.4, -0.2) is 34.0 Å². The van der Waals surface area contributed by atoms with E-state index in [9.17, 15) is 23.5 Å². The summed E-state index contributed by atoms with van der Waals surface area (Å²) >= 11 is 5.53. The Balaban J connectivity index is 1.99. The highest BCUT2D eigenvalue weighted by molar-refractivity contribution is 6.31. The summed E-state index contributed by atoms with van der Waals surface area (Å²) in [5.41, 5.74) is -0.381. The number of aliphatic carboxylic acids is 1. The van der Waals surface area contributed by atoms with Crippen molar-refractivity contribution in [3.8, 4) is 0 Å². The summed E-state index contributed by atoms with van der Waals surface area (Å²) in [6, 6.07) is 0.760. The summed E-state index contributed by atoms with van der Waals surface area (Å²) in [6.07, 6.45) is 3.86. The van der Waals surface area contributed by atoms with Gasteiger partial charge in [-0.25, -0.2) is 13.6 Å². The quantitative estimate of drug-likeness (QED) is 0.836. The van der Waals surface area contributed by atoms with Crippen LogP contribution in [0.15, 0.2) is 12.1 Å². The average molecular weight is 344 g/mol. The van der Waals surface area contributed by atoms with Gasteiger partial charge in [0.1, 0.15) is 16.9 Å². The minimum Gasteiger partial charge on any atom is -0.480 e. The van der Waals surface area contributed by atoms with Crippen molar-refractivity contribution in [2.24, 2.45) is 5.92 Å². The van der Waals surface area contributed by atoms with Crippen LogP contribution in [0, 0.1) is 17.6 Å². The summed E-state index contributed by atoms with van der Waals surface area (Å²) in [5, 5.41) is 8.67. The van der Waals surface area contributed by atoms with Gasteiger partial charge in [0.25, 0.3) is 5.91 Å². The lowest BCUT2D eigenvalue weighted by molar-refractivity contribution is -0.141. The highest BCUT2D eigenvalue weighted by Gasteiger charge is 2.48. The zero-order chi connectivity index (χ0) is 16.7. The van der Waals surface area contributed by atoms with Gasteiger partial charge in [-0.05, 0) is 37.3 Å². The largest absolute Gasteiger partial charge is 0.480 e. The first-order valence-electron chi connectivity index (χ1n) is 7.60. The molecule has 23 heavy (non-hydrogen) atoms. The van der Waals surface area contributed by atoms with Gasteiger partial charge in [0.15, 0.2) is 5.82 Å². The number of carbonyl (C=O) groups is 2. The average Bonchev–Trinajstić information content (AvgIpc) is 2.92. The van der Waals surface area contributed by atoms with Crippen molar-refractivity contribution < 1.29 is 23.5 Å². The Kier molecular flexibility index (Phi) is 4.27. The van der Waals surface area contributed by atoms with Crippen molar-refractivity contribution in [1.82, 2.24) is 4.90 Å². The summed E-state index contributed by atoms with van der Waals surface area (Å²) in [7, 11) is 0. The number of fused-ring (bicyclic) bond motifs is 1. The monoisotopic (exact) mass is 343 g/mol.